The van der Waals surface area contributed by atoms with Crippen molar-refractivity contribution < 1.29 is 9.15 Å². The van der Waals surface area contributed by atoms with Crippen LogP contribution in [0.5, 0.6) is 0 Å². The maximum absolute atomic E-state index is 12.1. The zero-order chi connectivity index (χ0) is 22.5. The quantitative estimate of drug-likeness (QED) is 0.431. The van der Waals surface area contributed by atoms with Crippen LogP contribution in [0.15, 0.2) is 70.3 Å². The normalized spacial score (nSPS) is 10.8. The first-order valence-corrected chi connectivity index (χ1v) is 10.2. The summed E-state index contributed by atoms with van der Waals surface area (Å²) >= 11 is 0. The highest BCUT2D eigenvalue weighted by Gasteiger charge is 2.12. The molecular formula is C24H25N5O3. The fourth-order valence-corrected chi connectivity index (χ4v) is 3.27. The number of aromatic amines is 1. The number of rotatable bonds is 8. The minimum absolute atomic E-state index is 0.192. The van der Waals surface area contributed by atoms with E-state index in [9.17, 15) is 4.79 Å². The number of nitrogens with one attached hydrogen (secondary N) is 2. The average molecular weight is 431 g/mol. The predicted molar refractivity (Wildman–Crippen MR) is 125 cm³/mol. The van der Waals surface area contributed by atoms with Crippen molar-refractivity contribution in [2.75, 3.05) is 37.5 Å². The molecule has 0 fully saturated rings. The highest BCUT2D eigenvalue weighted by atomic mass is 16.5. The molecule has 0 saturated heterocycles. The van der Waals surface area contributed by atoms with Crippen LogP contribution in [0.4, 0.5) is 17.4 Å². The predicted octanol–water partition coefficient (Wildman–Crippen LogP) is 4.23. The number of oxazole rings is 1. The molecule has 0 bridgehead atoms. The molecule has 0 unspecified atom stereocenters. The van der Waals surface area contributed by atoms with E-state index in [2.05, 4.69) is 43.4 Å². The van der Waals surface area contributed by atoms with Crippen LogP contribution in [0, 0.1) is 6.92 Å². The largest absolute Gasteiger partial charge is 0.423 e. The molecule has 8 heteroatoms. The standard InChI is InChI=1S/C24H25N5O3/c1-16-6-7-18(29(2)11-12-31-3)14-20(16)28-24-27-15-22(32-24)17-8-10-25-21(13-17)19-5-4-9-26-23(19)30/h4-10,13-15H,11-12H2,1-3H3,(H,26,30)(H,27,28). The molecule has 1 aromatic carbocycles. The molecule has 2 N–H and O–H groups in total. The van der Waals surface area contributed by atoms with Crippen molar-refractivity contribution in [2.45, 2.75) is 6.92 Å². The maximum Gasteiger partial charge on any atom is 0.299 e. The second-order valence-corrected chi connectivity index (χ2v) is 7.41. The summed E-state index contributed by atoms with van der Waals surface area (Å²) < 4.78 is 11.1. The Labute approximate surface area is 185 Å². The van der Waals surface area contributed by atoms with Gasteiger partial charge in [-0.25, -0.2) is 4.98 Å². The third-order valence-electron chi connectivity index (χ3n) is 5.18. The molecule has 164 valence electrons. The van der Waals surface area contributed by atoms with E-state index >= 15 is 0 Å². The number of H-pyrrole nitrogens is 1. The van der Waals surface area contributed by atoms with E-state index in [1.54, 1.807) is 37.8 Å². The first-order valence-electron chi connectivity index (χ1n) is 10.2. The summed E-state index contributed by atoms with van der Waals surface area (Å²) in [5.74, 6) is 0.578. The van der Waals surface area contributed by atoms with Gasteiger partial charge in [0, 0.05) is 50.0 Å². The Morgan fingerprint density at radius 3 is 2.88 bits per heavy atom. The number of likely N-dealkylation sites (N-methyl/N-ethyl adjacent to an activating group) is 1. The number of anilines is 3. The van der Waals surface area contributed by atoms with E-state index in [1.807, 2.05) is 26.1 Å². The number of pyridine rings is 2. The van der Waals surface area contributed by atoms with Crippen molar-refractivity contribution in [2.24, 2.45) is 0 Å². The van der Waals surface area contributed by atoms with Crippen LogP contribution < -0.4 is 15.8 Å². The number of benzene rings is 1. The van der Waals surface area contributed by atoms with Crippen molar-refractivity contribution in [3.63, 3.8) is 0 Å². The van der Waals surface area contributed by atoms with Gasteiger partial charge in [0.2, 0.25) is 0 Å². The van der Waals surface area contributed by atoms with E-state index in [-0.39, 0.29) is 5.56 Å². The Hall–Kier alpha value is -3.91. The summed E-state index contributed by atoms with van der Waals surface area (Å²) in [5, 5.41) is 3.26. The number of hydrogen-bond acceptors (Lipinski definition) is 7. The Kier molecular flexibility index (Phi) is 6.32. The van der Waals surface area contributed by atoms with Crippen LogP contribution in [0.25, 0.3) is 22.6 Å². The molecule has 0 atom stereocenters. The Morgan fingerprint density at radius 1 is 1.19 bits per heavy atom. The van der Waals surface area contributed by atoms with Crippen molar-refractivity contribution in [1.82, 2.24) is 15.0 Å². The Balaban J connectivity index is 1.56. The highest BCUT2D eigenvalue weighted by Crippen LogP contribution is 2.29. The number of hydrogen-bond donors (Lipinski definition) is 2. The fourth-order valence-electron chi connectivity index (χ4n) is 3.27. The first-order chi connectivity index (χ1) is 15.5. The molecule has 3 heterocycles. The average Bonchev–Trinajstić information content (AvgIpc) is 3.28. The summed E-state index contributed by atoms with van der Waals surface area (Å²) in [6.07, 6.45) is 4.90. The summed E-state index contributed by atoms with van der Waals surface area (Å²) in [7, 11) is 3.72. The van der Waals surface area contributed by atoms with Gasteiger partial charge in [-0.2, -0.15) is 0 Å². The molecule has 0 saturated carbocycles. The van der Waals surface area contributed by atoms with Gasteiger partial charge in [-0.05, 0) is 48.9 Å². The van der Waals surface area contributed by atoms with Gasteiger partial charge in [-0.1, -0.05) is 6.07 Å². The third kappa shape index (κ3) is 4.70. The topological polar surface area (TPSA) is 96.3 Å². The second-order valence-electron chi connectivity index (χ2n) is 7.41. The van der Waals surface area contributed by atoms with Crippen LogP contribution in [0.3, 0.4) is 0 Å². The number of methoxy groups -OCH3 is 1. The molecular weight excluding hydrogens is 406 g/mol. The molecule has 3 aromatic heterocycles. The zero-order valence-electron chi connectivity index (χ0n) is 18.3. The van der Waals surface area contributed by atoms with Crippen molar-refractivity contribution >= 4 is 17.4 Å². The van der Waals surface area contributed by atoms with Crippen LogP contribution in [-0.2, 0) is 4.74 Å². The van der Waals surface area contributed by atoms with Gasteiger partial charge in [0.05, 0.1) is 24.1 Å². The minimum atomic E-state index is -0.192. The van der Waals surface area contributed by atoms with Gasteiger partial charge in [0.1, 0.15) is 0 Å². The fraction of sp³-hybridized carbons (Fsp3) is 0.208. The summed E-state index contributed by atoms with van der Waals surface area (Å²) in [6.45, 7) is 3.47. The number of aromatic nitrogens is 3. The highest BCUT2D eigenvalue weighted by molar-refractivity contribution is 5.69. The smallest absolute Gasteiger partial charge is 0.299 e. The molecule has 8 nitrogen and oxygen atoms in total. The summed E-state index contributed by atoms with van der Waals surface area (Å²) in [4.78, 5) is 25.6. The molecule has 32 heavy (non-hydrogen) atoms. The number of ether oxygens (including phenoxy) is 1. The Morgan fingerprint density at radius 2 is 2.06 bits per heavy atom. The van der Waals surface area contributed by atoms with E-state index in [1.165, 1.54) is 0 Å². The minimum Gasteiger partial charge on any atom is -0.423 e. The monoisotopic (exact) mass is 431 g/mol. The van der Waals surface area contributed by atoms with E-state index in [4.69, 9.17) is 9.15 Å². The molecule has 0 aliphatic carbocycles. The second kappa shape index (κ2) is 9.49. The van der Waals surface area contributed by atoms with Crippen LogP contribution >= 0.6 is 0 Å². The van der Waals surface area contributed by atoms with Crippen LogP contribution in [-0.4, -0.2) is 42.3 Å². The molecule has 4 rings (SSSR count). The SMILES string of the molecule is COCCN(C)c1ccc(C)c(Nc2ncc(-c3ccnc(-c4ccc[nH]c4=O)c3)o2)c1. The van der Waals surface area contributed by atoms with E-state index in [0.717, 1.165) is 29.0 Å². The van der Waals surface area contributed by atoms with Gasteiger partial charge in [0.15, 0.2) is 5.76 Å². The molecule has 0 aliphatic rings. The van der Waals surface area contributed by atoms with E-state index in [0.29, 0.717) is 29.6 Å². The summed E-state index contributed by atoms with van der Waals surface area (Å²) in [6, 6.07) is 13.7. The van der Waals surface area contributed by atoms with Gasteiger partial charge < -0.3 is 24.4 Å². The van der Waals surface area contributed by atoms with Gasteiger partial charge in [0.25, 0.3) is 11.6 Å². The number of aryl methyl sites for hydroxylation is 1. The van der Waals surface area contributed by atoms with E-state index < -0.39 is 0 Å². The number of nitrogens with zero attached hydrogens (tertiary/aromatic N) is 3. The zero-order valence-corrected chi connectivity index (χ0v) is 18.3. The van der Waals surface area contributed by atoms with Crippen LogP contribution in [0.2, 0.25) is 0 Å². The molecule has 0 amide bonds. The van der Waals surface area contributed by atoms with Crippen molar-refractivity contribution in [3.05, 3.63) is 77.0 Å². The third-order valence-corrected chi connectivity index (χ3v) is 5.18. The van der Waals surface area contributed by atoms with Gasteiger partial charge in [-0.3, -0.25) is 9.78 Å². The van der Waals surface area contributed by atoms with Crippen molar-refractivity contribution in [3.8, 4) is 22.6 Å². The first kappa shape index (κ1) is 21.3. The van der Waals surface area contributed by atoms with Gasteiger partial charge in [-0.15, -0.1) is 0 Å². The molecule has 0 spiro atoms. The molecule has 4 aromatic rings. The lowest BCUT2D eigenvalue weighted by atomic mass is 10.1. The Bertz CT molecular complexity index is 1260. The lowest BCUT2D eigenvalue weighted by Crippen LogP contribution is -2.22. The maximum atomic E-state index is 12.1. The van der Waals surface area contributed by atoms with Crippen LogP contribution in [0.1, 0.15) is 5.56 Å². The molecule has 0 aliphatic heterocycles. The summed E-state index contributed by atoms with van der Waals surface area (Å²) in [5.41, 5.74) is 4.70. The van der Waals surface area contributed by atoms with Gasteiger partial charge >= 0.3 is 0 Å². The molecule has 0 radical (unpaired) electrons. The van der Waals surface area contributed by atoms with Crippen molar-refractivity contribution in [1.29, 1.82) is 0 Å². The lowest BCUT2D eigenvalue weighted by Gasteiger charge is -2.20. The lowest BCUT2D eigenvalue weighted by molar-refractivity contribution is 0.206.